The highest BCUT2D eigenvalue weighted by Gasteiger charge is 2.39. The Morgan fingerprint density at radius 2 is 2.18 bits per heavy atom. The first-order valence-electron chi connectivity index (χ1n) is 4.47. The first kappa shape index (κ1) is 13.8. The van der Waals surface area contributed by atoms with Gasteiger partial charge in [0.2, 0.25) is 0 Å². The number of carbonyl (C=O) groups is 1. The van der Waals surface area contributed by atoms with Crippen molar-refractivity contribution in [1.82, 2.24) is 15.1 Å². The second kappa shape index (κ2) is 4.92. The maximum absolute atomic E-state index is 12.5. The summed E-state index contributed by atoms with van der Waals surface area (Å²) in [5, 5.41) is 13.3. The summed E-state index contributed by atoms with van der Waals surface area (Å²) in [6, 6.07) is 0. The predicted octanol–water partition coefficient (Wildman–Crippen LogP) is 0.814. The molecule has 2 N–H and O–H groups in total. The number of alkyl halides is 3. The number of aliphatic hydroxyl groups excluding tert-OH is 1. The van der Waals surface area contributed by atoms with Crippen molar-refractivity contribution in [3.63, 3.8) is 0 Å². The van der Waals surface area contributed by atoms with Crippen LogP contribution in [0.5, 0.6) is 0 Å². The zero-order valence-corrected chi connectivity index (χ0v) is 9.43. The third-order valence-electron chi connectivity index (χ3n) is 1.87. The quantitative estimate of drug-likeness (QED) is 0.855. The number of hydrogen-bond acceptors (Lipinski definition) is 3. The van der Waals surface area contributed by atoms with Crippen LogP contribution in [0.15, 0.2) is 0 Å². The van der Waals surface area contributed by atoms with Gasteiger partial charge in [-0.05, 0) is 0 Å². The van der Waals surface area contributed by atoms with E-state index < -0.39 is 28.5 Å². The molecule has 0 aliphatic carbocycles. The average Bonchev–Trinajstić information content (AvgIpc) is 2.49. The molecule has 5 nitrogen and oxygen atoms in total. The van der Waals surface area contributed by atoms with E-state index in [1.54, 1.807) is 0 Å². The number of carbonyl (C=O) groups excluding carboxylic acids is 1. The molecule has 1 rings (SSSR count). The molecule has 0 radical (unpaired) electrons. The molecule has 9 heteroatoms. The molecule has 0 spiro atoms. The summed E-state index contributed by atoms with van der Waals surface area (Å²) < 4.78 is 38.1. The summed E-state index contributed by atoms with van der Waals surface area (Å²) in [4.78, 5) is 11.4. The number of rotatable bonds is 3. The average molecular weight is 272 g/mol. The van der Waals surface area contributed by atoms with E-state index in [4.69, 9.17) is 16.7 Å². The van der Waals surface area contributed by atoms with E-state index in [1.165, 1.54) is 0 Å². The third-order valence-corrected chi connectivity index (χ3v) is 2.23. The maximum atomic E-state index is 12.5. The van der Waals surface area contributed by atoms with Crippen LogP contribution in [-0.2, 0) is 13.2 Å². The molecule has 1 amide bonds. The van der Waals surface area contributed by atoms with Crippen LogP contribution in [0.1, 0.15) is 16.2 Å². The van der Waals surface area contributed by atoms with E-state index in [1.807, 2.05) is 0 Å². The normalized spacial score (nSPS) is 11.6. The summed E-state index contributed by atoms with van der Waals surface area (Å²) in [7, 11) is 1.04. The van der Waals surface area contributed by atoms with Crippen molar-refractivity contribution in [1.29, 1.82) is 0 Å². The molecule has 0 atom stereocenters. The summed E-state index contributed by atoms with van der Waals surface area (Å²) in [6.45, 7) is -0.421. The Morgan fingerprint density at radius 1 is 1.59 bits per heavy atom. The van der Waals surface area contributed by atoms with Gasteiger partial charge in [-0.3, -0.25) is 9.48 Å². The zero-order chi connectivity index (χ0) is 13.2. The third kappa shape index (κ3) is 2.89. The largest absolute Gasteiger partial charge is 0.434 e. The lowest BCUT2D eigenvalue weighted by molar-refractivity contribution is -0.143. The molecule has 0 aromatic carbocycles. The predicted molar refractivity (Wildman–Crippen MR) is 52.6 cm³/mol. The van der Waals surface area contributed by atoms with E-state index in [0.29, 0.717) is 4.68 Å². The fraction of sp³-hybridized carbons (Fsp3) is 0.500. The van der Waals surface area contributed by atoms with Crippen molar-refractivity contribution >= 4 is 17.5 Å². The lowest BCUT2D eigenvalue weighted by Crippen LogP contribution is -2.27. The molecule has 0 fully saturated rings. The SMILES string of the molecule is Cn1nc(C(=O)NCCO)c(Cl)c1C(F)(F)F. The fourth-order valence-electron chi connectivity index (χ4n) is 1.20. The maximum Gasteiger partial charge on any atom is 0.434 e. The van der Waals surface area contributed by atoms with Gasteiger partial charge in [-0.25, -0.2) is 0 Å². The highest BCUT2D eigenvalue weighted by molar-refractivity contribution is 6.34. The van der Waals surface area contributed by atoms with Crippen LogP contribution >= 0.6 is 11.6 Å². The van der Waals surface area contributed by atoms with Crippen LogP contribution in [0.2, 0.25) is 5.02 Å². The second-order valence-corrected chi connectivity index (χ2v) is 3.49. The van der Waals surface area contributed by atoms with E-state index in [9.17, 15) is 18.0 Å². The topological polar surface area (TPSA) is 67.2 Å². The second-order valence-electron chi connectivity index (χ2n) is 3.11. The summed E-state index contributed by atoms with van der Waals surface area (Å²) in [5.74, 6) is -0.866. The number of aryl methyl sites for hydroxylation is 1. The molecule has 0 saturated heterocycles. The molecule has 0 saturated carbocycles. The van der Waals surface area contributed by atoms with Crippen LogP contribution in [0.25, 0.3) is 0 Å². The van der Waals surface area contributed by atoms with Gasteiger partial charge in [-0.2, -0.15) is 18.3 Å². The number of hydrogen-bond donors (Lipinski definition) is 2. The first-order valence-corrected chi connectivity index (χ1v) is 4.85. The Balaban J connectivity index is 3.09. The highest BCUT2D eigenvalue weighted by atomic mass is 35.5. The van der Waals surface area contributed by atoms with E-state index in [0.717, 1.165) is 7.05 Å². The van der Waals surface area contributed by atoms with Gasteiger partial charge in [0.05, 0.1) is 6.61 Å². The summed E-state index contributed by atoms with van der Waals surface area (Å²) in [6.07, 6.45) is -4.69. The monoisotopic (exact) mass is 271 g/mol. The zero-order valence-electron chi connectivity index (χ0n) is 8.68. The van der Waals surface area contributed by atoms with Crippen molar-refractivity contribution in [3.05, 3.63) is 16.4 Å². The molecule has 0 aliphatic heterocycles. The van der Waals surface area contributed by atoms with Crippen molar-refractivity contribution in [2.24, 2.45) is 7.05 Å². The van der Waals surface area contributed by atoms with E-state index in [-0.39, 0.29) is 13.2 Å². The van der Waals surface area contributed by atoms with Crippen LogP contribution < -0.4 is 5.32 Å². The molecular formula is C8H9ClF3N3O2. The molecule has 17 heavy (non-hydrogen) atoms. The molecule has 0 bridgehead atoms. The van der Waals surface area contributed by atoms with Gasteiger partial charge >= 0.3 is 6.18 Å². The lowest BCUT2D eigenvalue weighted by atomic mass is 10.3. The van der Waals surface area contributed by atoms with Crippen LogP contribution in [0.4, 0.5) is 13.2 Å². The standard InChI is InChI=1S/C8H9ClF3N3O2/c1-15-6(8(10,11)12)4(9)5(14-15)7(17)13-2-3-16/h16H,2-3H2,1H3,(H,13,17). The van der Waals surface area contributed by atoms with Crippen LogP contribution in [0, 0.1) is 0 Å². The number of aliphatic hydroxyl groups is 1. The molecular weight excluding hydrogens is 263 g/mol. The summed E-state index contributed by atoms with van der Waals surface area (Å²) in [5.41, 5.74) is -1.71. The number of aromatic nitrogens is 2. The Morgan fingerprint density at radius 3 is 2.59 bits per heavy atom. The van der Waals surface area contributed by atoms with Gasteiger partial charge in [0, 0.05) is 13.6 Å². The Labute approximate surface area is 99.2 Å². The number of nitrogens with zero attached hydrogens (tertiary/aromatic N) is 2. The summed E-state index contributed by atoms with van der Waals surface area (Å²) >= 11 is 5.46. The minimum atomic E-state index is -4.69. The molecule has 0 unspecified atom stereocenters. The van der Waals surface area contributed by atoms with E-state index >= 15 is 0 Å². The van der Waals surface area contributed by atoms with Gasteiger partial charge in [-0.15, -0.1) is 0 Å². The van der Waals surface area contributed by atoms with E-state index in [2.05, 4.69) is 10.4 Å². The Hall–Kier alpha value is -1.28. The minimum Gasteiger partial charge on any atom is -0.395 e. The van der Waals surface area contributed by atoms with Gasteiger partial charge in [0.1, 0.15) is 5.02 Å². The van der Waals surface area contributed by atoms with Crippen molar-refractivity contribution in [3.8, 4) is 0 Å². The first-order chi connectivity index (χ1) is 7.79. The number of nitrogens with one attached hydrogen (secondary N) is 1. The smallest absolute Gasteiger partial charge is 0.395 e. The fourth-order valence-corrected chi connectivity index (χ4v) is 1.56. The van der Waals surface area contributed by atoms with Gasteiger partial charge in [-0.1, -0.05) is 11.6 Å². The molecule has 1 heterocycles. The van der Waals surface area contributed by atoms with Crippen molar-refractivity contribution in [2.45, 2.75) is 6.18 Å². The molecule has 1 aromatic rings. The highest BCUT2D eigenvalue weighted by Crippen LogP contribution is 2.35. The molecule has 0 aliphatic rings. The van der Waals surface area contributed by atoms with Crippen LogP contribution in [-0.4, -0.2) is 33.9 Å². The van der Waals surface area contributed by atoms with Gasteiger partial charge in [0.25, 0.3) is 5.91 Å². The minimum absolute atomic E-state index is 0.0902. The Kier molecular flexibility index (Phi) is 3.99. The Bertz CT molecular complexity index is 430. The van der Waals surface area contributed by atoms with Gasteiger partial charge in [0.15, 0.2) is 11.4 Å². The molecule has 96 valence electrons. The van der Waals surface area contributed by atoms with Crippen molar-refractivity contribution < 1.29 is 23.1 Å². The molecule has 1 aromatic heterocycles. The van der Waals surface area contributed by atoms with Crippen LogP contribution in [0.3, 0.4) is 0 Å². The lowest BCUT2D eigenvalue weighted by Gasteiger charge is -2.06. The van der Waals surface area contributed by atoms with Crippen molar-refractivity contribution in [2.75, 3.05) is 13.2 Å². The number of halogens is 4. The van der Waals surface area contributed by atoms with Gasteiger partial charge < -0.3 is 10.4 Å². The number of amides is 1.